The first-order valence-electron chi connectivity index (χ1n) is 5.36. The molecule has 0 fully saturated rings. The maximum Gasteiger partial charge on any atom is 0.146 e. The summed E-state index contributed by atoms with van der Waals surface area (Å²) in [7, 11) is 1.87. The minimum absolute atomic E-state index is 0.270. The van der Waals surface area contributed by atoms with E-state index in [-0.39, 0.29) is 5.82 Å². The van der Waals surface area contributed by atoms with Crippen LogP contribution in [0.4, 0.5) is 10.1 Å². The van der Waals surface area contributed by atoms with Gasteiger partial charge in [0.05, 0.1) is 28.1 Å². The highest BCUT2D eigenvalue weighted by atomic mass is 79.9. The molecule has 0 radical (unpaired) electrons. The lowest BCUT2D eigenvalue weighted by Crippen LogP contribution is -2.07. The van der Waals surface area contributed by atoms with Gasteiger partial charge in [0.15, 0.2) is 0 Å². The number of nitrogens with zero attached hydrogens (tertiary/aromatic N) is 2. The van der Waals surface area contributed by atoms with Gasteiger partial charge in [0.1, 0.15) is 5.82 Å². The molecule has 0 unspecified atom stereocenters. The van der Waals surface area contributed by atoms with Crippen LogP contribution in [0.1, 0.15) is 11.4 Å². The van der Waals surface area contributed by atoms with Crippen molar-refractivity contribution in [2.45, 2.75) is 13.5 Å². The second kappa shape index (κ2) is 5.40. The summed E-state index contributed by atoms with van der Waals surface area (Å²) >= 11 is 6.80. The molecular weight excluding hydrogens is 365 g/mol. The predicted molar refractivity (Wildman–Crippen MR) is 77.1 cm³/mol. The van der Waals surface area contributed by atoms with Crippen molar-refractivity contribution in [1.82, 2.24) is 9.78 Å². The number of rotatable bonds is 3. The Kier molecular flexibility index (Phi) is 4.07. The Morgan fingerprint density at radius 1 is 1.39 bits per heavy atom. The van der Waals surface area contributed by atoms with Gasteiger partial charge < -0.3 is 5.32 Å². The van der Waals surface area contributed by atoms with E-state index in [4.69, 9.17) is 0 Å². The van der Waals surface area contributed by atoms with E-state index < -0.39 is 0 Å². The van der Waals surface area contributed by atoms with E-state index in [1.54, 1.807) is 16.8 Å². The van der Waals surface area contributed by atoms with E-state index in [1.165, 1.54) is 6.07 Å². The summed E-state index contributed by atoms with van der Waals surface area (Å²) in [6.07, 6.45) is 0. The van der Waals surface area contributed by atoms with Crippen molar-refractivity contribution >= 4 is 37.5 Å². The standard InChI is InChI=1S/C12H12Br2FN3/c1-7-12(14)11(18(2)17-7)6-16-10-5-8(13)3-4-9(10)15/h3-5,16H,6H2,1-2H3. The molecule has 0 spiro atoms. The molecule has 0 aliphatic carbocycles. The molecule has 6 heteroatoms. The van der Waals surface area contributed by atoms with Crippen LogP contribution in [0.3, 0.4) is 0 Å². The number of halogens is 3. The molecule has 1 aromatic heterocycles. The Morgan fingerprint density at radius 2 is 2.11 bits per heavy atom. The van der Waals surface area contributed by atoms with Gasteiger partial charge in [0, 0.05) is 11.5 Å². The molecule has 2 rings (SSSR count). The third-order valence-corrected chi connectivity index (χ3v) is 4.16. The molecule has 96 valence electrons. The van der Waals surface area contributed by atoms with Crippen LogP contribution in [-0.2, 0) is 13.6 Å². The minimum atomic E-state index is -0.270. The Bertz CT molecular complexity index is 581. The van der Waals surface area contributed by atoms with Crippen molar-refractivity contribution < 1.29 is 4.39 Å². The maximum atomic E-state index is 13.6. The molecule has 0 bridgehead atoms. The van der Waals surface area contributed by atoms with Crippen molar-refractivity contribution in [3.05, 3.63) is 44.3 Å². The number of nitrogens with one attached hydrogen (secondary N) is 1. The summed E-state index contributed by atoms with van der Waals surface area (Å²) in [6, 6.07) is 4.81. The summed E-state index contributed by atoms with van der Waals surface area (Å²) in [5.41, 5.74) is 2.37. The molecule has 0 saturated carbocycles. The Hall–Kier alpha value is -0.880. The highest BCUT2D eigenvalue weighted by Crippen LogP contribution is 2.24. The van der Waals surface area contributed by atoms with Crippen LogP contribution in [-0.4, -0.2) is 9.78 Å². The van der Waals surface area contributed by atoms with Crippen molar-refractivity contribution in [1.29, 1.82) is 0 Å². The fourth-order valence-electron chi connectivity index (χ4n) is 1.68. The lowest BCUT2D eigenvalue weighted by Gasteiger charge is -2.09. The SMILES string of the molecule is Cc1nn(C)c(CNc2cc(Br)ccc2F)c1Br. The first-order valence-corrected chi connectivity index (χ1v) is 6.94. The smallest absolute Gasteiger partial charge is 0.146 e. The molecule has 1 N–H and O–H groups in total. The van der Waals surface area contributed by atoms with E-state index in [0.29, 0.717) is 12.2 Å². The van der Waals surface area contributed by atoms with Crippen LogP contribution in [0.2, 0.25) is 0 Å². The van der Waals surface area contributed by atoms with Crippen LogP contribution in [0.15, 0.2) is 27.1 Å². The van der Waals surface area contributed by atoms with E-state index >= 15 is 0 Å². The van der Waals surface area contributed by atoms with Gasteiger partial charge in [-0.25, -0.2) is 4.39 Å². The average molecular weight is 377 g/mol. The van der Waals surface area contributed by atoms with Crippen LogP contribution in [0.5, 0.6) is 0 Å². The first kappa shape index (κ1) is 13.5. The van der Waals surface area contributed by atoms with Gasteiger partial charge >= 0.3 is 0 Å². The fourth-order valence-corrected chi connectivity index (χ4v) is 2.52. The normalized spacial score (nSPS) is 10.7. The summed E-state index contributed by atoms with van der Waals surface area (Å²) in [5.74, 6) is -0.270. The van der Waals surface area contributed by atoms with Crippen LogP contribution in [0, 0.1) is 12.7 Å². The Balaban J connectivity index is 2.19. The molecule has 0 atom stereocenters. The van der Waals surface area contributed by atoms with E-state index in [9.17, 15) is 4.39 Å². The van der Waals surface area contributed by atoms with Crippen molar-refractivity contribution in [3.8, 4) is 0 Å². The lowest BCUT2D eigenvalue weighted by molar-refractivity contribution is 0.628. The molecule has 1 heterocycles. The zero-order valence-corrected chi connectivity index (χ0v) is 13.1. The minimum Gasteiger partial charge on any atom is -0.377 e. The number of hydrogen-bond donors (Lipinski definition) is 1. The van der Waals surface area contributed by atoms with Crippen molar-refractivity contribution in [2.24, 2.45) is 7.05 Å². The van der Waals surface area contributed by atoms with Gasteiger partial charge in [0.2, 0.25) is 0 Å². The van der Waals surface area contributed by atoms with Gasteiger partial charge in [0.25, 0.3) is 0 Å². The monoisotopic (exact) mass is 375 g/mol. The number of aryl methyl sites for hydroxylation is 2. The zero-order chi connectivity index (χ0) is 13.3. The fraction of sp³-hybridized carbons (Fsp3) is 0.250. The summed E-state index contributed by atoms with van der Waals surface area (Å²) in [5, 5.41) is 7.36. The quantitative estimate of drug-likeness (QED) is 0.877. The maximum absolute atomic E-state index is 13.6. The molecule has 0 saturated heterocycles. The molecule has 2 aromatic rings. The van der Waals surface area contributed by atoms with Gasteiger partial charge in [-0.15, -0.1) is 0 Å². The third kappa shape index (κ3) is 2.75. The van der Waals surface area contributed by atoms with Gasteiger partial charge in [-0.1, -0.05) is 15.9 Å². The van der Waals surface area contributed by atoms with Gasteiger partial charge in [-0.2, -0.15) is 5.10 Å². The molecule has 0 amide bonds. The highest BCUT2D eigenvalue weighted by Gasteiger charge is 2.11. The number of benzene rings is 1. The van der Waals surface area contributed by atoms with E-state index in [2.05, 4.69) is 42.3 Å². The second-order valence-electron chi connectivity index (χ2n) is 3.95. The molecule has 18 heavy (non-hydrogen) atoms. The van der Waals surface area contributed by atoms with E-state index in [0.717, 1.165) is 20.3 Å². The third-order valence-electron chi connectivity index (χ3n) is 2.64. The second-order valence-corrected chi connectivity index (χ2v) is 5.66. The van der Waals surface area contributed by atoms with Gasteiger partial charge in [-0.05, 0) is 41.1 Å². The van der Waals surface area contributed by atoms with Crippen molar-refractivity contribution in [3.63, 3.8) is 0 Å². The number of hydrogen-bond acceptors (Lipinski definition) is 2. The van der Waals surface area contributed by atoms with E-state index in [1.807, 2.05) is 14.0 Å². The first-order chi connectivity index (χ1) is 8.49. The van der Waals surface area contributed by atoms with Gasteiger partial charge in [-0.3, -0.25) is 4.68 Å². The van der Waals surface area contributed by atoms with Crippen LogP contribution < -0.4 is 5.32 Å². The molecule has 0 aliphatic rings. The Labute approximate surface area is 122 Å². The molecule has 1 aromatic carbocycles. The predicted octanol–water partition coefficient (Wildman–Crippen LogP) is 4.00. The topological polar surface area (TPSA) is 29.9 Å². The van der Waals surface area contributed by atoms with Crippen LogP contribution in [0.25, 0.3) is 0 Å². The highest BCUT2D eigenvalue weighted by molar-refractivity contribution is 9.10. The largest absolute Gasteiger partial charge is 0.377 e. The number of aromatic nitrogens is 2. The summed E-state index contributed by atoms with van der Waals surface area (Å²) < 4.78 is 17.1. The van der Waals surface area contributed by atoms with Crippen molar-refractivity contribution in [2.75, 3.05) is 5.32 Å². The molecule has 3 nitrogen and oxygen atoms in total. The molecular formula is C12H12Br2FN3. The molecule has 0 aliphatic heterocycles. The summed E-state index contributed by atoms with van der Waals surface area (Å²) in [4.78, 5) is 0. The summed E-state index contributed by atoms with van der Waals surface area (Å²) in [6.45, 7) is 2.43. The number of anilines is 1. The average Bonchev–Trinajstić information content (AvgIpc) is 2.55. The van der Waals surface area contributed by atoms with Crippen LogP contribution >= 0.6 is 31.9 Å². The lowest BCUT2D eigenvalue weighted by atomic mass is 10.3. The Morgan fingerprint density at radius 3 is 2.72 bits per heavy atom. The zero-order valence-electron chi connectivity index (χ0n) is 9.97.